The number of aliphatic carboxylic acids is 2. The molecule has 0 radical (unpaired) electrons. The second kappa shape index (κ2) is 10.4. The summed E-state index contributed by atoms with van der Waals surface area (Å²) >= 11 is 0. The minimum atomic E-state index is -1.26. The molecule has 4 rings (SSSR count). The smallest absolute Gasteiger partial charge is 0.328 e. The van der Waals surface area contributed by atoms with Crippen molar-refractivity contribution in [3.63, 3.8) is 0 Å². The SMILES string of the molecule is Cc1ccccc1C(=O)NC(=O)NC1CN2CCC1CC2.O=C(O)/C=C/C(=O)O. The molecule has 29 heavy (non-hydrogen) atoms. The third-order valence-electron chi connectivity index (χ3n) is 4.96. The predicted molar refractivity (Wildman–Crippen MR) is 105 cm³/mol. The second-order valence-corrected chi connectivity index (χ2v) is 7.00. The Balaban J connectivity index is 0.000000321. The zero-order chi connectivity index (χ0) is 21.4. The van der Waals surface area contributed by atoms with Crippen LogP contribution in [-0.4, -0.2) is 64.7 Å². The lowest BCUT2D eigenvalue weighted by molar-refractivity contribution is -0.134. The fourth-order valence-electron chi connectivity index (χ4n) is 3.47. The highest BCUT2D eigenvalue weighted by molar-refractivity contribution is 6.05. The molecule has 0 aliphatic carbocycles. The molecule has 1 unspecified atom stereocenters. The quantitative estimate of drug-likeness (QED) is 0.555. The lowest BCUT2D eigenvalue weighted by atomic mass is 9.84. The predicted octanol–water partition coefficient (Wildman–Crippen LogP) is 1.24. The van der Waals surface area contributed by atoms with E-state index in [1.54, 1.807) is 12.1 Å². The van der Waals surface area contributed by atoms with Gasteiger partial charge in [-0.1, -0.05) is 18.2 Å². The van der Waals surface area contributed by atoms with Crippen LogP contribution in [0, 0.1) is 12.8 Å². The van der Waals surface area contributed by atoms with E-state index in [1.165, 1.54) is 0 Å². The van der Waals surface area contributed by atoms with Crippen molar-refractivity contribution < 1.29 is 29.4 Å². The van der Waals surface area contributed by atoms with Crippen molar-refractivity contribution in [2.75, 3.05) is 19.6 Å². The monoisotopic (exact) mass is 403 g/mol. The molecule has 0 spiro atoms. The maximum Gasteiger partial charge on any atom is 0.328 e. The van der Waals surface area contributed by atoms with E-state index in [4.69, 9.17) is 10.2 Å². The highest BCUT2D eigenvalue weighted by atomic mass is 16.4. The number of imide groups is 1. The lowest BCUT2D eigenvalue weighted by Gasteiger charge is -2.44. The van der Waals surface area contributed by atoms with E-state index in [0.29, 0.717) is 23.6 Å². The van der Waals surface area contributed by atoms with E-state index in [2.05, 4.69) is 15.5 Å². The molecule has 3 saturated heterocycles. The Morgan fingerprint density at radius 2 is 1.62 bits per heavy atom. The van der Waals surface area contributed by atoms with E-state index in [1.807, 2.05) is 19.1 Å². The van der Waals surface area contributed by atoms with Gasteiger partial charge in [-0.05, 0) is 50.4 Å². The Hall–Kier alpha value is -3.20. The molecular formula is C20H25N3O6. The summed E-state index contributed by atoms with van der Waals surface area (Å²) in [6, 6.07) is 7.04. The molecule has 9 nitrogen and oxygen atoms in total. The molecular weight excluding hydrogens is 378 g/mol. The number of urea groups is 1. The summed E-state index contributed by atoms with van der Waals surface area (Å²) in [6.07, 6.45) is 3.39. The average molecular weight is 403 g/mol. The van der Waals surface area contributed by atoms with Crippen molar-refractivity contribution in [2.24, 2.45) is 5.92 Å². The molecule has 156 valence electrons. The fraction of sp³-hybridized carbons (Fsp3) is 0.400. The maximum atomic E-state index is 12.1. The van der Waals surface area contributed by atoms with Crippen molar-refractivity contribution in [1.82, 2.24) is 15.5 Å². The fourth-order valence-corrected chi connectivity index (χ4v) is 3.47. The van der Waals surface area contributed by atoms with Crippen LogP contribution in [0.4, 0.5) is 4.79 Å². The number of rotatable bonds is 4. The number of benzene rings is 1. The number of nitrogens with one attached hydrogen (secondary N) is 2. The van der Waals surface area contributed by atoms with E-state index in [-0.39, 0.29) is 18.0 Å². The first-order chi connectivity index (χ1) is 13.8. The van der Waals surface area contributed by atoms with Gasteiger partial charge in [-0.25, -0.2) is 14.4 Å². The van der Waals surface area contributed by atoms with Crippen molar-refractivity contribution in [1.29, 1.82) is 0 Å². The molecule has 3 amide bonds. The van der Waals surface area contributed by atoms with Gasteiger partial charge in [0.15, 0.2) is 0 Å². The van der Waals surface area contributed by atoms with Gasteiger partial charge in [0.2, 0.25) is 0 Å². The molecule has 9 heteroatoms. The number of carboxylic acids is 2. The van der Waals surface area contributed by atoms with Crippen LogP contribution in [0.15, 0.2) is 36.4 Å². The van der Waals surface area contributed by atoms with Gasteiger partial charge < -0.3 is 20.4 Å². The molecule has 0 saturated carbocycles. The van der Waals surface area contributed by atoms with E-state index >= 15 is 0 Å². The third kappa shape index (κ3) is 7.04. The van der Waals surface area contributed by atoms with Gasteiger partial charge in [-0.2, -0.15) is 0 Å². The van der Waals surface area contributed by atoms with Crippen LogP contribution in [0.1, 0.15) is 28.8 Å². The summed E-state index contributed by atoms with van der Waals surface area (Å²) in [5.41, 5.74) is 1.41. The molecule has 3 fully saturated rings. The normalized spacial score (nSPS) is 22.3. The molecule has 3 aliphatic rings. The molecule has 2 bridgehead atoms. The molecule has 0 aromatic heterocycles. The second-order valence-electron chi connectivity index (χ2n) is 7.00. The summed E-state index contributed by atoms with van der Waals surface area (Å²) in [5.74, 6) is -2.30. The van der Waals surface area contributed by atoms with Crippen molar-refractivity contribution >= 4 is 23.9 Å². The van der Waals surface area contributed by atoms with Crippen LogP contribution in [-0.2, 0) is 9.59 Å². The van der Waals surface area contributed by atoms with Gasteiger partial charge in [0.05, 0.1) is 0 Å². The Labute approximate surface area is 168 Å². The average Bonchev–Trinajstić information content (AvgIpc) is 2.68. The minimum Gasteiger partial charge on any atom is -0.478 e. The zero-order valence-electron chi connectivity index (χ0n) is 16.1. The van der Waals surface area contributed by atoms with Gasteiger partial charge in [-0.15, -0.1) is 0 Å². The molecule has 1 atom stereocenters. The van der Waals surface area contributed by atoms with Crippen LogP contribution in [0.2, 0.25) is 0 Å². The number of carboxylic acid groups (broad SMARTS) is 2. The molecule has 3 heterocycles. The van der Waals surface area contributed by atoms with Gasteiger partial charge in [0.25, 0.3) is 5.91 Å². The van der Waals surface area contributed by atoms with Gasteiger partial charge >= 0.3 is 18.0 Å². The number of piperidine rings is 3. The summed E-state index contributed by atoms with van der Waals surface area (Å²) in [5, 5.41) is 21.0. The molecule has 1 aromatic carbocycles. The molecule has 3 aliphatic heterocycles. The summed E-state index contributed by atoms with van der Waals surface area (Å²) in [6.45, 7) is 5.02. The summed E-state index contributed by atoms with van der Waals surface area (Å²) in [7, 11) is 0. The lowest BCUT2D eigenvalue weighted by Crippen LogP contribution is -2.59. The molecule has 4 N–H and O–H groups in total. The van der Waals surface area contributed by atoms with Crippen LogP contribution in [0.5, 0.6) is 0 Å². The maximum absolute atomic E-state index is 12.1. The number of nitrogens with zero attached hydrogens (tertiary/aromatic N) is 1. The number of amides is 3. The first kappa shape index (κ1) is 22.1. The first-order valence-corrected chi connectivity index (χ1v) is 9.30. The van der Waals surface area contributed by atoms with Gasteiger partial charge in [0, 0.05) is 30.3 Å². The highest BCUT2D eigenvalue weighted by Crippen LogP contribution is 2.27. The summed E-state index contributed by atoms with van der Waals surface area (Å²) < 4.78 is 0. The number of aryl methyl sites for hydroxylation is 1. The number of fused-ring (bicyclic) bond motifs is 3. The van der Waals surface area contributed by atoms with Gasteiger partial charge in [-0.3, -0.25) is 10.1 Å². The van der Waals surface area contributed by atoms with E-state index in [9.17, 15) is 19.2 Å². The van der Waals surface area contributed by atoms with Gasteiger partial charge in [0.1, 0.15) is 0 Å². The van der Waals surface area contributed by atoms with Crippen LogP contribution >= 0.6 is 0 Å². The van der Waals surface area contributed by atoms with Crippen molar-refractivity contribution in [2.45, 2.75) is 25.8 Å². The third-order valence-corrected chi connectivity index (χ3v) is 4.96. The van der Waals surface area contributed by atoms with Crippen molar-refractivity contribution in [3.05, 3.63) is 47.5 Å². The number of hydrogen-bond acceptors (Lipinski definition) is 5. The van der Waals surface area contributed by atoms with E-state index < -0.39 is 11.9 Å². The number of carbonyl (C=O) groups is 4. The first-order valence-electron chi connectivity index (χ1n) is 9.30. The Bertz CT molecular complexity index is 783. The Kier molecular flexibility index (Phi) is 7.90. The van der Waals surface area contributed by atoms with Crippen LogP contribution in [0.3, 0.4) is 0 Å². The highest BCUT2D eigenvalue weighted by Gasteiger charge is 2.35. The standard InChI is InChI=1S/C16H21N3O2.C4H4O4/c1-11-4-2-3-5-13(11)15(20)18-16(21)17-14-10-19-8-6-12(14)7-9-19;5-3(6)1-2-4(7)8/h2-5,12,14H,6-10H2,1H3,(H2,17,18,20,21);1-2H,(H,5,6)(H,7,8)/b;2-1+. The largest absolute Gasteiger partial charge is 0.478 e. The minimum absolute atomic E-state index is 0.164. The number of carbonyl (C=O) groups excluding carboxylic acids is 2. The Morgan fingerprint density at radius 3 is 2.10 bits per heavy atom. The van der Waals surface area contributed by atoms with Crippen LogP contribution < -0.4 is 10.6 Å². The zero-order valence-corrected chi connectivity index (χ0v) is 16.1. The topological polar surface area (TPSA) is 136 Å². The van der Waals surface area contributed by atoms with E-state index in [0.717, 1.165) is 38.0 Å². The summed E-state index contributed by atoms with van der Waals surface area (Å²) in [4.78, 5) is 45.6. The molecule has 1 aromatic rings. The Morgan fingerprint density at radius 1 is 1.03 bits per heavy atom. The van der Waals surface area contributed by atoms with Crippen molar-refractivity contribution in [3.8, 4) is 0 Å². The van der Waals surface area contributed by atoms with Crippen LogP contribution in [0.25, 0.3) is 0 Å². The number of hydrogen-bond donors (Lipinski definition) is 4.